The van der Waals surface area contributed by atoms with E-state index in [2.05, 4.69) is 18.7 Å². The zero-order valence-electron chi connectivity index (χ0n) is 29.3. The van der Waals surface area contributed by atoms with Gasteiger partial charge in [0.25, 0.3) is 0 Å². The van der Waals surface area contributed by atoms with Crippen LogP contribution in [0.3, 0.4) is 0 Å². The van der Waals surface area contributed by atoms with E-state index in [0.717, 1.165) is 51.7 Å². The third-order valence-electron chi connectivity index (χ3n) is 9.22. The minimum atomic E-state index is -0.578. The molecular weight excluding hydrogens is 588 g/mol. The van der Waals surface area contributed by atoms with Crippen LogP contribution in [-0.2, 0) is 19.0 Å². The first-order valence-electron chi connectivity index (χ1n) is 17.3. The second-order valence-electron chi connectivity index (χ2n) is 14.6. The number of ether oxygens (including phenoxy) is 6. The smallest absolute Gasteiger partial charge is 0.410 e. The maximum Gasteiger partial charge on any atom is 0.410 e. The van der Waals surface area contributed by atoms with Crippen molar-refractivity contribution in [2.75, 3.05) is 60.3 Å². The molecule has 1 saturated carbocycles. The van der Waals surface area contributed by atoms with Crippen LogP contribution in [0.1, 0.15) is 79.6 Å². The average molecular weight is 647 g/mol. The Morgan fingerprint density at radius 3 is 2.35 bits per heavy atom. The summed E-state index contributed by atoms with van der Waals surface area (Å²) >= 11 is 0. The quantitative estimate of drug-likeness (QED) is 0.196. The van der Waals surface area contributed by atoms with Crippen molar-refractivity contribution >= 4 is 12.0 Å². The van der Waals surface area contributed by atoms with Crippen molar-refractivity contribution < 1.29 is 38.0 Å². The van der Waals surface area contributed by atoms with E-state index in [1.807, 2.05) is 43.9 Å². The lowest BCUT2D eigenvalue weighted by Crippen LogP contribution is -2.41. The summed E-state index contributed by atoms with van der Waals surface area (Å²) in [5.41, 5.74) is -0.578. The van der Waals surface area contributed by atoms with Crippen molar-refractivity contribution in [2.24, 2.45) is 23.7 Å². The fourth-order valence-corrected chi connectivity index (χ4v) is 6.45. The minimum absolute atomic E-state index is 0.104. The Morgan fingerprint density at radius 1 is 1.00 bits per heavy atom. The zero-order valence-corrected chi connectivity index (χ0v) is 29.3. The number of rotatable bonds is 16. The van der Waals surface area contributed by atoms with Gasteiger partial charge in [-0.05, 0) is 88.7 Å². The molecule has 1 aliphatic carbocycles. The zero-order chi connectivity index (χ0) is 33.3. The number of hydrogen-bond donors (Lipinski definition) is 0. The molecule has 3 fully saturated rings. The molecule has 2 aliphatic heterocycles. The number of methoxy groups -OCH3 is 2. The summed E-state index contributed by atoms with van der Waals surface area (Å²) in [6.45, 7) is 14.4. The molecular formula is C36H58N2O8. The van der Waals surface area contributed by atoms with Gasteiger partial charge in [-0.2, -0.15) is 0 Å². The molecule has 1 aromatic rings. The highest BCUT2D eigenvalue weighted by Crippen LogP contribution is 2.37. The largest absolute Gasteiger partial charge is 0.493 e. The van der Waals surface area contributed by atoms with E-state index in [1.165, 1.54) is 0 Å². The van der Waals surface area contributed by atoms with E-state index in [1.54, 1.807) is 14.2 Å². The van der Waals surface area contributed by atoms with Crippen LogP contribution in [0.4, 0.5) is 4.79 Å². The Labute approximate surface area is 276 Å². The number of benzene rings is 1. The molecule has 0 spiro atoms. The third kappa shape index (κ3) is 10.9. The van der Waals surface area contributed by atoms with E-state index < -0.39 is 5.60 Å². The van der Waals surface area contributed by atoms with Gasteiger partial charge < -0.3 is 38.2 Å². The standard InChI is InChI=1S/C36H58N2O8/c1-25(2)32(45-30-11-12-31(42-7)33(21-30)44-16-8-15-41-6)20-27-22-37(35(40)46-36(3,4)5)23-28(27)24-38(29-9-10-29)34(39)19-26-13-17-43-18-14-26/h11-12,21,25-29,32H,8-10,13-20,22-24H2,1-7H3/t27-,28-,32+/m1/s1. The predicted molar refractivity (Wildman–Crippen MR) is 177 cm³/mol. The molecule has 4 rings (SSSR count). The molecule has 1 aromatic carbocycles. The molecule has 3 atom stereocenters. The summed E-state index contributed by atoms with van der Waals surface area (Å²) < 4.78 is 34.7. The fourth-order valence-electron chi connectivity index (χ4n) is 6.45. The van der Waals surface area contributed by atoms with Crippen LogP contribution in [0.2, 0.25) is 0 Å². The summed E-state index contributed by atoms with van der Waals surface area (Å²) in [5, 5.41) is 0. The average Bonchev–Trinajstić information content (AvgIpc) is 3.77. The van der Waals surface area contributed by atoms with Crippen molar-refractivity contribution in [2.45, 2.75) is 97.3 Å². The van der Waals surface area contributed by atoms with Crippen molar-refractivity contribution in [3.63, 3.8) is 0 Å². The lowest BCUT2D eigenvalue weighted by atomic mass is 9.86. The molecule has 0 N–H and O–H groups in total. The number of amides is 2. The van der Waals surface area contributed by atoms with Crippen LogP contribution >= 0.6 is 0 Å². The van der Waals surface area contributed by atoms with E-state index in [4.69, 9.17) is 28.4 Å². The Morgan fingerprint density at radius 2 is 1.72 bits per heavy atom. The Bertz CT molecular complexity index is 1110. The van der Waals surface area contributed by atoms with Crippen LogP contribution in [0, 0.1) is 23.7 Å². The van der Waals surface area contributed by atoms with Crippen molar-refractivity contribution in [3.8, 4) is 17.2 Å². The predicted octanol–water partition coefficient (Wildman–Crippen LogP) is 6.19. The molecule has 3 aliphatic rings. The highest BCUT2D eigenvalue weighted by Gasteiger charge is 2.43. The van der Waals surface area contributed by atoms with E-state index in [-0.39, 0.29) is 35.9 Å². The lowest BCUT2D eigenvalue weighted by molar-refractivity contribution is -0.134. The molecule has 10 nitrogen and oxygen atoms in total. The van der Waals surface area contributed by atoms with Crippen molar-refractivity contribution in [1.29, 1.82) is 0 Å². The summed E-state index contributed by atoms with van der Waals surface area (Å²) in [7, 11) is 3.31. The Hall–Kier alpha value is -2.72. The van der Waals surface area contributed by atoms with Gasteiger partial charge in [0, 0.05) is 71.5 Å². The molecule has 46 heavy (non-hydrogen) atoms. The number of nitrogens with zero attached hydrogens (tertiary/aromatic N) is 2. The molecule has 2 amide bonds. The molecule has 2 saturated heterocycles. The van der Waals surface area contributed by atoms with Crippen molar-refractivity contribution in [3.05, 3.63) is 18.2 Å². The van der Waals surface area contributed by atoms with Gasteiger partial charge in [0.05, 0.1) is 13.7 Å². The normalized spacial score (nSPS) is 21.3. The van der Waals surface area contributed by atoms with Crippen LogP contribution in [0.15, 0.2) is 18.2 Å². The minimum Gasteiger partial charge on any atom is -0.493 e. The summed E-state index contributed by atoms with van der Waals surface area (Å²) in [4.78, 5) is 30.9. The highest BCUT2D eigenvalue weighted by atomic mass is 16.6. The van der Waals surface area contributed by atoms with Gasteiger partial charge in [0.1, 0.15) is 17.5 Å². The summed E-state index contributed by atoms with van der Waals surface area (Å²) in [6.07, 6.45) is 5.71. The van der Waals surface area contributed by atoms with E-state index in [0.29, 0.717) is 68.5 Å². The van der Waals surface area contributed by atoms with Crippen LogP contribution in [0.5, 0.6) is 17.2 Å². The first kappa shape index (κ1) is 36.1. The molecule has 0 radical (unpaired) electrons. The van der Waals surface area contributed by atoms with Gasteiger partial charge in [-0.15, -0.1) is 0 Å². The van der Waals surface area contributed by atoms with Crippen LogP contribution in [0.25, 0.3) is 0 Å². The first-order valence-corrected chi connectivity index (χ1v) is 17.3. The molecule has 10 heteroatoms. The van der Waals surface area contributed by atoms with Crippen LogP contribution < -0.4 is 14.2 Å². The first-order chi connectivity index (χ1) is 22.0. The SMILES string of the molecule is COCCCOc1cc(O[C@@H](C[C@@H]2CN(C(=O)OC(C)(C)C)C[C@@H]2CN(C(=O)CC2CCOCC2)C2CC2)C(C)C)ccc1OC. The molecule has 0 unspecified atom stereocenters. The van der Waals surface area contributed by atoms with Crippen molar-refractivity contribution in [1.82, 2.24) is 9.80 Å². The van der Waals surface area contributed by atoms with Gasteiger partial charge in [-0.3, -0.25) is 4.79 Å². The number of carbonyl (C=O) groups is 2. The Kier molecular flexibility index (Phi) is 13.3. The molecule has 260 valence electrons. The fraction of sp³-hybridized carbons (Fsp3) is 0.778. The molecule has 2 heterocycles. The second kappa shape index (κ2) is 16.9. The number of hydrogen-bond acceptors (Lipinski definition) is 8. The maximum atomic E-state index is 13.7. The lowest BCUT2D eigenvalue weighted by Gasteiger charge is -2.32. The van der Waals surface area contributed by atoms with Gasteiger partial charge in [0.2, 0.25) is 5.91 Å². The van der Waals surface area contributed by atoms with Gasteiger partial charge in [0.15, 0.2) is 11.5 Å². The molecule has 0 aromatic heterocycles. The summed E-state index contributed by atoms with van der Waals surface area (Å²) in [6, 6.07) is 5.99. The van der Waals surface area contributed by atoms with E-state index >= 15 is 0 Å². The Balaban J connectivity index is 1.49. The second-order valence-corrected chi connectivity index (χ2v) is 14.6. The number of carbonyl (C=O) groups excluding carboxylic acids is 2. The van der Waals surface area contributed by atoms with Gasteiger partial charge in [-0.25, -0.2) is 4.79 Å². The van der Waals surface area contributed by atoms with E-state index in [9.17, 15) is 9.59 Å². The highest BCUT2D eigenvalue weighted by molar-refractivity contribution is 5.77. The molecule has 0 bridgehead atoms. The third-order valence-corrected chi connectivity index (χ3v) is 9.22. The summed E-state index contributed by atoms with van der Waals surface area (Å²) in [5.74, 6) is 3.14. The van der Waals surface area contributed by atoms with Gasteiger partial charge >= 0.3 is 6.09 Å². The van der Waals surface area contributed by atoms with Gasteiger partial charge in [-0.1, -0.05) is 13.8 Å². The maximum absolute atomic E-state index is 13.7. The number of likely N-dealkylation sites (tertiary alicyclic amines) is 1. The topological polar surface area (TPSA) is 96.0 Å². The monoisotopic (exact) mass is 646 g/mol. The van der Waals surface area contributed by atoms with Crippen LogP contribution in [-0.4, -0.2) is 99.8 Å².